The summed E-state index contributed by atoms with van der Waals surface area (Å²) >= 11 is 16.4. The van der Waals surface area contributed by atoms with E-state index in [1.807, 2.05) is 0 Å². The van der Waals surface area contributed by atoms with Gasteiger partial charge in [-0.15, -0.1) is 12.6 Å². The molecular formula is C22H15Cl2FN2OS. The van der Waals surface area contributed by atoms with Gasteiger partial charge in [-0.1, -0.05) is 47.5 Å². The topological polar surface area (TPSA) is 52.9 Å². The Balaban J connectivity index is 1.93. The monoisotopic (exact) mass is 444 g/mol. The Hall–Kier alpha value is -2.52. The van der Waals surface area contributed by atoms with Gasteiger partial charge < -0.3 is 5.32 Å². The van der Waals surface area contributed by atoms with Crippen LogP contribution in [0.3, 0.4) is 0 Å². The van der Waals surface area contributed by atoms with Crippen LogP contribution in [0, 0.1) is 24.1 Å². The fraction of sp³-hybridized carbons (Fsp3) is 0.0909. The predicted octanol–water partition coefficient (Wildman–Crippen LogP) is 6.64. The Morgan fingerprint density at radius 3 is 2.52 bits per heavy atom. The van der Waals surface area contributed by atoms with E-state index >= 15 is 0 Å². The van der Waals surface area contributed by atoms with Crippen LogP contribution in [0.5, 0.6) is 0 Å². The Kier molecular flexibility index (Phi) is 6.49. The maximum atomic E-state index is 13.7. The third kappa shape index (κ3) is 4.56. The number of nitrogens with one attached hydrogen (secondary N) is 1. The van der Waals surface area contributed by atoms with Gasteiger partial charge in [-0.2, -0.15) is 5.26 Å². The molecule has 0 radical (unpaired) electrons. The molecule has 29 heavy (non-hydrogen) atoms. The molecule has 3 aromatic carbocycles. The van der Waals surface area contributed by atoms with Crippen LogP contribution in [0.2, 0.25) is 10.0 Å². The van der Waals surface area contributed by atoms with Crippen LogP contribution in [0.25, 0.3) is 0 Å². The van der Waals surface area contributed by atoms with Crippen molar-refractivity contribution in [2.24, 2.45) is 0 Å². The van der Waals surface area contributed by atoms with Gasteiger partial charge in [-0.25, -0.2) is 4.39 Å². The third-order valence-corrected chi connectivity index (χ3v) is 5.50. The van der Waals surface area contributed by atoms with Crippen molar-refractivity contribution in [2.45, 2.75) is 17.7 Å². The summed E-state index contributed by atoms with van der Waals surface area (Å²) in [6.45, 7) is 1.79. The molecule has 146 valence electrons. The van der Waals surface area contributed by atoms with Gasteiger partial charge in [0.15, 0.2) is 0 Å². The minimum atomic E-state index is -0.588. The van der Waals surface area contributed by atoms with E-state index in [0.29, 0.717) is 26.9 Å². The molecule has 0 saturated carbocycles. The summed E-state index contributed by atoms with van der Waals surface area (Å²) in [4.78, 5) is 12.5. The summed E-state index contributed by atoms with van der Waals surface area (Å²) in [6, 6.07) is 16.7. The van der Waals surface area contributed by atoms with Crippen molar-refractivity contribution >= 4 is 47.4 Å². The van der Waals surface area contributed by atoms with E-state index in [0.717, 1.165) is 5.56 Å². The molecule has 1 amide bonds. The molecule has 3 rings (SSSR count). The second-order valence-electron chi connectivity index (χ2n) is 6.39. The number of rotatable bonds is 4. The fourth-order valence-corrected chi connectivity index (χ4v) is 3.58. The van der Waals surface area contributed by atoms with E-state index in [1.54, 1.807) is 43.3 Å². The molecule has 1 atom stereocenters. The first-order valence-corrected chi connectivity index (χ1v) is 9.76. The molecule has 0 saturated heterocycles. The zero-order valence-corrected chi connectivity index (χ0v) is 17.6. The molecule has 0 bridgehead atoms. The lowest BCUT2D eigenvalue weighted by atomic mass is 9.91. The van der Waals surface area contributed by atoms with Gasteiger partial charge in [0.25, 0.3) is 5.91 Å². The summed E-state index contributed by atoms with van der Waals surface area (Å²) in [7, 11) is 0. The highest BCUT2D eigenvalue weighted by Gasteiger charge is 2.20. The zero-order chi connectivity index (χ0) is 21.1. The van der Waals surface area contributed by atoms with Gasteiger partial charge in [0.1, 0.15) is 5.82 Å². The zero-order valence-electron chi connectivity index (χ0n) is 15.2. The molecule has 7 heteroatoms. The third-order valence-electron chi connectivity index (χ3n) is 4.47. The highest BCUT2D eigenvalue weighted by Crippen LogP contribution is 2.34. The predicted molar refractivity (Wildman–Crippen MR) is 117 cm³/mol. The number of hydrogen-bond donors (Lipinski definition) is 2. The van der Waals surface area contributed by atoms with Crippen molar-refractivity contribution in [1.82, 2.24) is 0 Å². The van der Waals surface area contributed by atoms with E-state index in [9.17, 15) is 14.4 Å². The van der Waals surface area contributed by atoms with Crippen molar-refractivity contribution in [2.75, 3.05) is 5.32 Å². The molecule has 3 nitrogen and oxygen atoms in total. The Bertz CT molecular complexity index is 1130. The van der Waals surface area contributed by atoms with Crippen LogP contribution in [0.1, 0.15) is 33.0 Å². The van der Waals surface area contributed by atoms with Crippen LogP contribution < -0.4 is 5.32 Å². The standard InChI is InChI=1S/C22H15Cl2FN2OS/c1-12-9-16(17(11-26)13-5-7-14(23)8-6-13)18(24)10-20(12)27-22(28)15-3-2-4-19(25)21(15)29/h2-10,17,29H,1H3,(H,27,28). The number of anilines is 1. The van der Waals surface area contributed by atoms with Crippen molar-refractivity contribution in [3.8, 4) is 6.07 Å². The number of hydrogen-bond acceptors (Lipinski definition) is 3. The molecule has 3 aromatic rings. The van der Waals surface area contributed by atoms with Gasteiger partial charge in [0.05, 0.1) is 22.4 Å². The number of amides is 1. The van der Waals surface area contributed by atoms with Gasteiger partial charge in [0, 0.05) is 15.7 Å². The first-order valence-electron chi connectivity index (χ1n) is 8.55. The van der Waals surface area contributed by atoms with Gasteiger partial charge >= 0.3 is 0 Å². The quantitative estimate of drug-likeness (QED) is 0.443. The molecule has 0 aliphatic carbocycles. The second kappa shape index (κ2) is 8.87. The van der Waals surface area contributed by atoms with Crippen LogP contribution in [0.4, 0.5) is 10.1 Å². The first kappa shape index (κ1) is 21.2. The fourth-order valence-electron chi connectivity index (χ4n) is 2.93. The summed E-state index contributed by atoms with van der Waals surface area (Å²) in [5.74, 6) is -1.67. The van der Waals surface area contributed by atoms with Crippen LogP contribution in [-0.4, -0.2) is 5.91 Å². The minimum absolute atomic E-state index is 0.0300. The molecule has 0 aromatic heterocycles. The van der Waals surface area contributed by atoms with Gasteiger partial charge in [-0.05, 0) is 53.9 Å². The van der Waals surface area contributed by atoms with Crippen LogP contribution >= 0.6 is 35.8 Å². The van der Waals surface area contributed by atoms with Gasteiger partial charge in [-0.3, -0.25) is 4.79 Å². The van der Waals surface area contributed by atoms with Crippen molar-refractivity contribution in [3.05, 3.63) is 92.7 Å². The van der Waals surface area contributed by atoms with E-state index in [2.05, 4.69) is 24.0 Å². The second-order valence-corrected chi connectivity index (χ2v) is 7.68. The number of benzene rings is 3. The Morgan fingerprint density at radius 2 is 1.86 bits per heavy atom. The highest BCUT2D eigenvalue weighted by molar-refractivity contribution is 7.80. The summed E-state index contributed by atoms with van der Waals surface area (Å²) < 4.78 is 13.7. The summed E-state index contributed by atoms with van der Waals surface area (Å²) in [5, 5.41) is 13.3. The summed E-state index contributed by atoms with van der Waals surface area (Å²) in [6.07, 6.45) is 0. The molecule has 0 aliphatic heterocycles. The molecule has 0 fully saturated rings. The number of aryl methyl sites for hydroxylation is 1. The Labute approximate surface area is 183 Å². The highest BCUT2D eigenvalue weighted by atomic mass is 35.5. The van der Waals surface area contributed by atoms with E-state index in [-0.39, 0.29) is 10.5 Å². The molecule has 0 heterocycles. The van der Waals surface area contributed by atoms with Gasteiger partial charge in [0.2, 0.25) is 0 Å². The minimum Gasteiger partial charge on any atom is -0.322 e. The lowest BCUT2D eigenvalue weighted by Gasteiger charge is -2.16. The lowest BCUT2D eigenvalue weighted by molar-refractivity contribution is 0.102. The molecule has 0 aliphatic rings. The molecule has 1 N–H and O–H groups in total. The molecule has 1 unspecified atom stereocenters. The maximum absolute atomic E-state index is 13.7. The van der Waals surface area contributed by atoms with Crippen LogP contribution in [0.15, 0.2) is 59.5 Å². The first-order chi connectivity index (χ1) is 13.8. The average molecular weight is 445 g/mol. The summed E-state index contributed by atoms with van der Waals surface area (Å²) in [5.41, 5.74) is 2.67. The van der Waals surface area contributed by atoms with Crippen molar-refractivity contribution in [1.29, 1.82) is 5.26 Å². The number of nitrogens with zero attached hydrogens (tertiary/aromatic N) is 1. The number of thiol groups is 1. The number of carbonyl (C=O) groups is 1. The SMILES string of the molecule is Cc1cc(C(C#N)c2ccc(Cl)cc2)c(Cl)cc1NC(=O)c1cccc(F)c1S. The number of carbonyl (C=O) groups excluding carboxylic acids is 1. The average Bonchev–Trinajstić information content (AvgIpc) is 2.69. The normalized spacial score (nSPS) is 11.6. The number of nitriles is 1. The maximum Gasteiger partial charge on any atom is 0.256 e. The van der Waals surface area contributed by atoms with E-state index in [4.69, 9.17) is 23.2 Å². The lowest BCUT2D eigenvalue weighted by Crippen LogP contribution is -2.14. The van der Waals surface area contributed by atoms with Crippen molar-refractivity contribution < 1.29 is 9.18 Å². The molecule has 0 spiro atoms. The van der Waals surface area contributed by atoms with Crippen molar-refractivity contribution in [3.63, 3.8) is 0 Å². The molecular weight excluding hydrogens is 430 g/mol. The number of halogens is 3. The Morgan fingerprint density at radius 1 is 1.17 bits per heavy atom. The van der Waals surface area contributed by atoms with E-state index in [1.165, 1.54) is 18.2 Å². The largest absolute Gasteiger partial charge is 0.322 e. The van der Waals surface area contributed by atoms with E-state index < -0.39 is 17.6 Å². The van der Waals surface area contributed by atoms with Crippen LogP contribution in [-0.2, 0) is 0 Å². The smallest absolute Gasteiger partial charge is 0.256 e.